The van der Waals surface area contributed by atoms with E-state index in [1.54, 1.807) is 0 Å². The number of hydrogen-bond acceptors (Lipinski definition) is 2. The van der Waals surface area contributed by atoms with E-state index >= 15 is 0 Å². The number of rotatable bonds is 5. The van der Waals surface area contributed by atoms with Gasteiger partial charge in [-0.05, 0) is 24.5 Å². The van der Waals surface area contributed by atoms with E-state index in [4.69, 9.17) is 0 Å². The summed E-state index contributed by atoms with van der Waals surface area (Å²) in [7, 11) is -4.14. The molecule has 3 nitrogen and oxygen atoms in total. The van der Waals surface area contributed by atoms with E-state index in [1.165, 1.54) is 6.07 Å². The standard InChI is InChI=1S/C12H16F3NO2S/c1-9(2)7-8-16-19(17,18)11-6-4-3-5-10(11)12(13,14)15/h3-6,9,16H,7-8H2,1-2H3. The predicted molar refractivity (Wildman–Crippen MR) is 66.1 cm³/mol. The van der Waals surface area contributed by atoms with Crippen LogP contribution in [0, 0.1) is 5.92 Å². The summed E-state index contributed by atoms with van der Waals surface area (Å²) in [5.41, 5.74) is -1.15. The lowest BCUT2D eigenvalue weighted by Gasteiger charge is -2.14. The van der Waals surface area contributed by atoms with Crippen LogP contribution in [-0.2, 0) is 16.2 Å². The third-order valence-corrected chi connectivity index (χ3v) is 4.01. The maximum absolute atomic E-state index is 12.7. The van der Waals surface area contributed by atoms with E-state index in [1.807, 2.05) is 13.8 Å². The molecular weight excluding hydrogens is 279 g/mol. The number of hydrogen-bond donors (Lipinski definition) is 1. The first-order valence-corrected chi connectivity index (χ1v) is 7.29. The van der Waals surface area contributed by atoms with Crippen LogP contribution >= 0.6 is 0 Å². The van der Waals surface area contributed by atoms with Gasteiger partial charge in [-0.3, -0.25) is 0 Å². The average Bonchev–Trinajstić information content (AvgIpc) is 2.27. The van der Waals surface area contributed by atoms with Crippen molar-refractivity contribution >= 4 is 10.0 Å². The molecule has 0 saturated carbocycles. The Bertz CT molecular complexity index is 524. The van der Waals surface area contributed by atoms with Crippen LogP contribution in [0.15, 0.2) is 29.2 Å². The molecule has 0 aliphatic heterocycles. The molecule has 0 unspecified atom stereocenters. The van der Waals surface area contributed by atoms with Gasteiger partial charge in [0.05, 0.1) is 10.5 Å². The van der Waals surface area contributed by atoms with Crippen LogP contribution in [-0.4, -0.2) is 15.0 Å². The minimum atomic E-state index is -4.69. The Morgan fingerprint density at radius 2 is 1.79 bits per heavy atom. The van der Waals surface area contributed by atoms with Gasteiger partial charge in [-0.25, -0.2) is 13.1 Å². The van der Waals surface area contributed by atoms with Gasteiger partial charge in [-0.1, -0.05) is 26.0 Å². The number of benzene rings is 1. The molecule has 0 fully saturated rings. The maximum Gasteiger partial charge on any atom is 0.417 e. The van der Waals surface area contributed by atoms with Gasteiger partial charge >= 0.3 is 6.18 Å². The molecule has 0 spiro atoms. The Morgan fingerprint density at radius 1 is 1.21 bits per heavy atom. The molecule has 0 radical (unpaired) electrons. The third-order valence-electron chi connectivity index (χ3n) is 2.50. The molecule has 1 aromatic rings. The fourth-order valence-corrected chi connectivity index (χ4v) is 2.77. The lowest BCUT2D eigenvalue weighted by atomic mass is 10.1. The molecule has 1 rings (SSSR count). The monoisotopic (exact) mass is 295 g/mol. The van der Waals surface area contributed by atoms with Crippen LogP contribution in [0.5, 0.6) is 0 Å². The van der Waals surface area contributed by atoms with Gasteiger partial charge in [-0.2, -0.15) is 13.2 Å². The first kappa shape index (κ1) is 16.0. The molecule has 0 atom stereocenters. The number of sulfonamides is 1. The SMILES string of the molecule is CC(C)CCNS(=O)(=O)c1ccccc1C(F)(F)F. The van der Waals surface area contributed by atoms with E-state index in [9.17, 15) is 21.6 Å². The van der Waals surface area contributed by atoms with Crippen molar-refractivity contribution < 1.29 is 21.6 Å². The van der Waals surface area contributed by atoms with E-state index < -0.39 is 26.7 Å². The van der Waals surface area contributed by atoms with Gasteiger partial charge in [0.2, 0.25) is 10.0 Å². The summed E-state index contributed by atoms with van der Waals surface area (Å²) >= 11 is 0. The van der Waals surface area contributed by atoms with Gasteiger partial charge in [0.1, 0.15) is 0 Å². The van der Waals surface area contributed by atoms with Crippen molar-refractivity contribution in [2.75, 3.05) is 6.54 Å². The highest BCUT2D eigenvalue weighted by Gasteiger charge is 2.36. The summed E-state index contributed by atoms with van der Waals surface area (Å²) in [5.74, 6) is 0.264. The lowest BCUT2D eigenvalue weighted by Crippen LogP contribution is -2.27. The van der Waals surface area contributed by atoms with Crippen LogP contribution in [0.25, 0.3) is 0 Å². The zero-order valence-corrected chi connectivity index (χ0v) is 11.5. The minimum Gasteiger partial charge on any atom is -0.211 e. The molecule has 1 N–H and O–H groups in total. The quantitative estimate of drug-likeness (QED) is 0.907. The molecule has 0 aromatic heterocycles. The van der Waals surface area contributed by atoms with Gasteiger partial charge < -0.3 is 0 Å². The van der Waals surface area contributed by atoms with Crippen LogP contribution in [0.2, 0.25) is 0 Å². The van der Waals surface area contributed by atoms with Gasteiger partial charge in [0, 0.05) is 6.54 Å². The molecule has 7 heteroatoms. The first-order chi connectivity index (χ1) is 8.64. The summed E-state index contributed by atoms with van der Waals surface area (Å²) in [4.78, 5) is -0.730. The molecule has 0 aliphatic carbocycles. The van der Waals surface area contributed by atoms with E-state index in [0.717, 1.165) is 18.2 Å². The van der Waals surface area contributed by atoms with Gasteiger partial charge in [-0.15, -0.1) is 0 Å². The first-order valence-electron chi connectivity index (χ1n) is 5.80. The lowest BCUT2D eigenvalue weighted by molar-refractivity contribution is -0.139. The van der Waals surface area contributed by atoms with E-state index in [0.29, 0.717) is 6.42 Å². The summed E-state index contributed by atoms with van der Waals surface area (Å²) < 4.78 is 64.1. The molecule has 108 valence electrons. The Balaban J connectivity index is 3.02. The molecule has 0 heterocycles. The minimum absolute atomic E-state index is 0.117. The Kier molecular flexibility index (Phi) is 4.98. The zero-order valence-electron chi connectivity index (χ0n) is 10.7. The Labute approximate surface area is 110 Å². The Hall–Kier alpha value is -1.08. The van der Waals surface area contributed by atoms with Crippen molar-refractivity contribution in [3.05, 3.63) is 29.8 Å². The number of alkyl halides is 3. The normalized spacial score (nSPS) is 12.9. The summed E-state index contributed by atoms with van der Waals surface area (Å²) in [5, 5.41) is 0. The highest BCUT2D eigenvalue weighted by molar-refractivity contribution is 7.89. The van der Waals surface area contributed by atoms with E-state index in [2.05, 4.69) is 4.72 Å². The topological polar surface area (TPSA) is 46.2 Å². The van der Waals surface area contributed by atoms with Crippen LogP contribution in [0.1, 0.15) is 25.8 Å². The fourth-order valence-electron chi connectivity index (χ4n) is 1.49. The van der Waals surface area contributed by atoms with Gasteiger partial charge in [0.15, 0.2) is 0 Å². The van der Waals surface area contributed by atoms with E-state index in [-0.39, 0.29) is 12.5 Å². The highest BCUT2D eigenvalue weighted by atomic mass is 32.2. The second-order valence-electron chi connectivity index (χ2n) is 4.57. The van der Waals surface area contributed by atoms with Crippen molar-refractivity contribution in [2.24, 2.45) is 5.92 Å². The highest BCUT2D eigenvalue weighted by Crippen LogP contribution is 2.33. The maximum atomic E-state index is 12.7. The van der Waals surface area contributed by atoms with Crippen LogP contribution in [0.3, 0.4) is 0 Å². The average molecular weight is 295 g/mol. The second-order valence-corrected chi connectivity index (χ2v) is 6.31. The number of nitrogens with one attached hydrogen (secondary N) is 1. The third kappa shape index (κ3) is 4.50. The number of halogens is 3. The fraction of sp³-hybridized carbons (Fsp3) is 0.500. The molecule has 0 bridgehead atoms. The molecule has 0 amide bonds. The molecule has 19 heavy (non-hydrogen) atoms. The second kappa shape index (κ2) is 5.92. The zero-order chi connectivity index (χ0) is 14.7. The van der Waals surface area contributed by atoms with Crippen LogP contribution in [0.4, 0.5) is 13.2 Å². The largest absolute Gasteiger partial charge is 0.417 e. The molecule has 0 aliphatic rings. The Morgan fingerprint density at radius 3 is 2.32 bits per heavy atom. The van der Waals surface area contributed by atoms with Crippen molar-refractivity contribution in [1.29, 1.82) is 0 Å². The smallest absolute Gasteiger partial charge is 0.211 e. The van der Waals surface area contributed by atoms with Crippen molar-refractivity contribution in [3.63, 3.8) is 0 Å². The molecular formula is C12H16F3NO2S. The van der Waals surface area contributed by atoms with Gasteiger partial charge in [0.25, 0.3) is 0 Å². The van der Waals surface area contributed by atoms with Crippen LogP contribution < -0.4 is 4.72 Å². The molecule has 1 aromatic carbocycles. The van der Waals surface area contributed by atoms with Crippen molar-refractivity contribution in [1.82, 2.24) is 4.72 Å². The van der Waals surface area contributed by atoms with Crippen molar-refractivity contribution in [2.45, 2.75) is 31.3 Å². The predicted octanol–water partition coefficient (Wildman–Crippen LogP) is 3.03. The van der Waals surface area contributed by atoms with Crippen molar-refractivity contribution in [3.8, 4) is 0 Å². The summed E-state index contributed by atoms with van der Waals surface area (Å²) in [6.45, 7) is 3.92. The molecule has 0 saturated heterocycles. The summed E-state index contributed by atoms with van der Waals surface area (Å²) in [6.07, 6.45) is -4.13. The summed E-state index contributed by atoms with van der Waals surface area (Å²) in [6, 6.07) is 4.15.